The van der Waals surface area contributed by atoms with E-state index in [-0.39, 0.29) is 5.91 Å². The maximum atomic E-state index is 12.5. The highest BCUT2D eigenvalue weighted by Crippen LogP contribution is 2.25. The minimum atomic E-state index is -0.111. The average molecular weight is 297 g/mol. The molecule has 0 aliphatic heterocycles. The zero-order valence-electron chi connectivity index (χ0n) is 11.9. The largest absolute Gasteiger partial charge is 0.310 e. The molecule has 3 aromatic rings. The molecule has 1 amide bonds. The van der Waals surface area contributed by atoms with E-state index in [1.54, 1.807) is 28.0 Å². The molecular weight excluding hydrogens is 282 g/mol. The van der Waals surface area contributed by atoms with Crippen LogP contribution in [0.4, 0.5) is 5.69 Å². The standard InChI is InChI=1S/C16H15N3OS/c1-18(12-7-4-3-5-8-12)16(20)13-11-14(19(2)17-13)15-9-6-10-21-15/h3-11H,1-2H3. The van der Waals surface area contributed by atoms with E-state index in [1.165, 1.54) is 0 Å². The van der Waals surface area contributed by atoms with Gasteiger partial charge >= 0.3 is 0 Å². The molecule has 0 radical (unpaired) electrons. The quantitative estimate of drug-likeness (QED) is 0.743. The molecule has 0 saturated heterocycles. The minimum Gasteiger partial charge on any atom is -0.310 e. The van der Waals surface area contributed by atoms with Gasteiger partial charge < -0.3 is 4.90 Å². The Morgan fingerprint density at radius 3 is 2.62 bits per heavy atom. The van der Waals surface area contributed by atoms with E-state index in [4.69, 9.17) is 0 Å². The number of hydrogen-bond donors (Lipinski definition) is 0. The number of nitrogens with zero attached hydrogens (tertiary/aromatic N) is 3. The van der Waals surface area contributed by atoms with Crippen molar-refractivity contribution in [2.75, 3.05) is 11.9 Å². The molecule has 2 heterocycles. The summed E-state index contributed by atoms with van der Waals surface area (Å²) in [4.78, 5) is 15.2. The van der Waals surface area contributed by atoms with Gasteiger partial charge in [-0.1, -0.05) is 24.3 Å². The number of rotatable bonds is 3. The zero-order valence-corrected chi connectivity index (χ0v) is 12.7. The fourth-order valence-corrected chi connectivity index (χ4v) is 2.94. The summed E-state index contributed by atoms with van der Waals surface area (Å²) in [5.41, 5.74) is 2.26. The van der Waals surface area contributed by atoms with E-state index >= 15 is 0 Å². The first-order valence-corrected chi connectivity index (χ1v) is 7.46. The van der Waals surface area contributed by atoms with Crippen molar-refractivity contribution < 1.29 is 4.79 Å². The molecule has 0 saturated carbocycles. The van der Waals surface area contributed by atoms with E-state index in [9.17, 15) is 4.79 Å². The van der Waals surface area contributed by atoms with Crippen molar-refractivity contribution in [2.45, 2.75) is 0 Å². The van der Waals surface area contributed by atoms with Crippen molar-refractivity contribution in [3.8, 4) is 10.6 Å². The van der Waals surface area contributed by atoms with E-state index in [0.717, 1.165) is 16.3 Å². The molecule has 0 aliphatic carbocycles. The van der Waals surface area contributed by atoms with E-state index < -0.39 is 0 Å². The lowest BCUT2D eigenvalue weighted by Gasteiger charge is -2.15. The summed E-state index contributed by atoms with van der Waals surface area (Å²) >= 11 is 1.63. The lowest BCUT2D eigenvalue weighted by atomic mass is 10.2. The second kappa shape index (κ2) is 5.54. The molecule has 2 aromatic heterocycles. The van der Waals surface area contributed by atoms with Gasteiger partial charge in [0, 0.05) is 19.8 Å². The number of hydrogen-bond acceptors (Lipinski definition) is 3. The van der Waals surface area contributed by atoms with Crippen molar-refractivity contribution in [3.63, 3.8) is 0 Å². The normalized spacial score (nSPS) is 10.6. The topological polar surface area (TPSA) is 38.1 Å². The van der Waals surface area contributed by atoms with Gasteiger partial charge in [-0.05, 0) is 29.6 Å². The molecule has 0 spiro atoms. The minimum absolute atomic E-state index is 0.111. The number of thiophene rings is 1. The molecule has 0 unspecified atom stereocenters. The Bertz CT molecular complexity index is 747. The van der Waals surface area contributed by atoms with Gasteiger partial charge in [-0.25, -0.2) is 0 Å². The van der Waals surface area contributed by atoms with Crippen LogP contribution in [0.15, 0.2) is 53.9 Å². The first-order chi connectivity index (χ1) is 10.2. The lowest BCUT2D eigenvalue weighted by molar-refractivity contribution is 0.0987. The van der Waals surface area contributed by atoms with Gasteiger partial charge in [0.1, 0.15) is 0 Å². The van der Waals surface area contributed by atoms with E-state index in [1.807, 2.05) is 61.0 Å². The van der Waals surface area contributed by atoms with Crippen LogP contribution in [0, 0.1) is 0 Å². The third-order valence-corrected chi connectivity index (χ3v) is 4.21. The highest BCUT2D eigenvalue weighted by Gasteiger charge is 2.18. The summed E-state index contributed by atoms with van der Waals surface area (Å²) < 4.78 is 1.75. The summed E-state index contributed by atoms with van der Waals surface area (Å²) in [6.07, 6.45) is 0. The molecule has 3 rings (SSSR count). The Balaban J connectivity index is 1.91. The third-order valence-electron chi connectivity index (χ3n) is 3.32. The van der Waals surface area contributed by atoms with Gasteiger partial charge in [0.2, 0.25) is 0 Å². The highest BCUT2D eigenvalue weighted by atomic mass is 32.1. The van der Waals surface area contributed by atoms with Crippen LogP contribution < -0.4 is 4.90 Å². The molecule has 0 bridgehead atoms. The second-order valence-corrected chi connectivity index (χ2v) is 5.66. The molecule has 0 fully saturated rings. The van der Waals surface area contributed by atoms with Crippen molar-refractivity contribution in [2.24, 2.45) is 7.05 Å². The van der Waals surface area contributed by atoms with Crippen LogP contribution in [0.25, 0.3) is 10.6 Å². The van der Waals surface area contributed by atoms with Crippen molar-refractivity contribution in [3.05, 3.63) is 59.6 Å². The number of anilines is 1. The Morgan fingerprint density at radius 1 is 1.19 bits per heavy atom. The molecule has 5 heteroatoms. The number of amides is 1. The molecule has 4 nitrogen and oxygen atoms in total. The van der Waals surface area contributed by atoms with Crippen LogP contribution >= 0.6 is 11.3 Å². The van der Waals surface area contributed by atoms with E-state index in [0.29, 0.717) is 5.69 Å². The fourth-order valence-electron chi connectivity index (χ4n) is 2.17. The average Bonchev–Trinajstić information content (AvgIpc) is 3.15. The number of aromatic nitrogens is 2. The molecule has 21 heavy (non-hydrogen) atoms. The second-order valence-electron chi connectivity index (χ2n) is 4.72. The van der Waals surface area contributed by atoms with Crippen molar-refractivity contribution >= 4 is 22.9 Å². The number of carbonyl (C=O) groups excluding carboxylic acids is 1. The summed E-state index contributed by atoms with van der Waals surface area (Å²) in [6.45, 7) is 0. The smallest absolute Gasteiger partial charge is 0.278 e. The van der Waals surface area contributed by atoms with Gasteiger partial charge in [0.05, 0.1) is 10.6 Å². The molecule has 0 atom stereocenters. The summed E-state index contributed by atoms with van der Waals surface area (Å²) in [6, 6.07) is 15.4. The van der Waals surface area contributed by atoms with Crippen LogP contribution in [0.2, 0.25) is 0 Å². The van der Waals surface area contributed by atoms with E-state index in [2.05, 4.69) is 5.10 Å². The predicted molar refractivity (Wildman–Crippen MR) is 85.7 cm³/mol. The Morgan fingerprint density at radius 2 is 1.95 bits per heavy atom. The molecule has 0 N–H and O–H groups in total. The number of benzene rings is 1. The Labute approximate surface area is 127 Å². The van der Waals surface area contributed by atoms with Crippen LogP contribution in [-0.4, -0.2) is 22.7 Å². The first kappa shape index (κ1) is 13.6. The van der Waals surface area contributed by atoms with Crippen molar-refractivity contribution in [1.82, 2.24) is 9.78 Å². The van der Waals surface area contributed by atoms with Gasteiger partial charge in [0.25, 0.3) is 5.91 Å². The SMILES string of the molecule is CN(C(=O)c1cc(-c2cccs2)n(C)n1)c1ccccc1. The molecule has 1 aromatic carbocycles. The monoisotopic (exact) mass is 297 g/mol. The first-order valence-electron chi connectivity index (χ1n) is 6.58. The van der Waals surface area contributed by atoms with Gasteiger partial charge in [-0.2, -0.15) is 5.10 Å². The molecule has 0 aliphatic rings. The van der Waals surface area contributed by atoms with Gasteiger partial charge in [-0.15, -0.1) is 11.3 Å². The van der Waals surface area contributed by atoms with Crippen LogP contribution in [0.1, 0.15) is 10.5 Å². The summed E-state index contributed by atoms with van der Waals surface area (Å²) in [5, 5.41) is 6.36. The van der Waals surface area contributed by atoms with Crippen LogP contribution in [0.3, 0.4) is 0 Å². The Kier molecular flexibility index (Phi) is 3.58. The summed E-state index contributed by atoms with van der Waals surface area (Å²) in [5.74, 6) is -0.111. The lowest BCUT2D eigenvalue weighted by Crippen LogP contribution is -2.26. The number of aryl methyl sites for hydroxylation is 1. The highest BCUT2D eigenvalue weighted by molar-refractivity contribution is 7.13. The van der Waals surface area contributed by atoms with Crippen LogP contribution in [-0.2, 0) is 7.05 Å². The van der Waals surface area contributed by atoms with Gasteiger partial charge in [0.15, 0.2) is 5.69 Å². The molecular formula is C16H15N3OS. The Hall–Kier alpha value is -2.40. The van der Waals surface area contributed by atoms with Crippen molar-refractivity contribution in [1.29, 1.82) is 0 Å². The maximum Gasteiger partial charge on any atom is 0.278 e. The zero-order chi connectivity index (χ0) is 14.8. The third kappa shape index (κ3) is 2.60. The number of para-hydroxylation sites is 1. The maximum absolute atomic E-state index is 12.5. The number of carbonyl (C=O) groups is 1. The van der Waals surface area contributed by atoms with Gasteiger partial charge in [-0.3, -0.25) is 9.48 Å². The molecule has 106 valence electrons. The fraction of sp³-hybridized carbons (Fsp3) is 0.125. The summed E-state index contributed by atoms with van der Waals surface area (Å²) in [7, 11) is 3.62. The van der Waals surface area contributed by atoms with Crippen LogP contribution in [0.5, 0.6) is 0 Å². The predicted octanol–water partition coefficient (Wildman–Crippen LogP) is 3.43.